The zero-order chi connectivity index (χ0) is 15.4. The third kappa shape index (κ3) is 3.28. The van der Waals surface area contributed by atoms with E-state index >= 15 is 0 Å². The molecule has 3 N–H and O–H groups in total. The second-order valence-corrected chi connectivity index (χ2v) is 4.85. The molecule has 6 nitrogen and oxygen atoms in total. The number of nitrogens with one attached hydrogen (secondary N) is 1. The third-order valence-corrected chi connectivity index (χ3v) is 3.38. The van der Waals surface area contributed by atoms with Gasteiger partial charge in [-0.2, -0.15) is 0 Å². The topological polar surface area (TPSA) is 92.5 Å². The summed E-state index contributed by atoms with van der Waals surface area (Å²) in [7, 11) is 0. The van der Waals surface area contributed by atoms with Crippen molar-refractivity contribution in [3.8, 4) is 0 Å². The minimum atomic E-state index is -0.466. The number of amides is 3. The van der Waals surface area contributed by atoms with Gasteiger partial charge in [-0.3, -0.25) is 14.4 Å². The number of benzene rings is 1. The van der Waals surface area contributed by atoms with Gasteiger partial charge in [-0.1, -0.05) is 6.08 Å². The molecule has 21 heavy (non-hydrogen) atoms. The minimum Gasteiger partial charge on any atom is -0.369 e. The summed E-state index contributed by atoms with van der Waals surface area (Å²) in [6, 6.07) is 6.64. The van der Waals surface area contributed by atoms with Gasteiger partial charge in [0, 0.05) is 30.8 Å². The number of hydrogen-bond donors (Lipinski definition) is 2. The van der Waals surface area contributed by atoms with E-state index in [0.29, 0.717) is 17.8 Å². The summed E-state index contributed by atoms with van der Waals surface area (Å²) in [5, 5.41) is 2.67. The van der Waals surface area contributed by atoms with E-state index in [0.717, 1.165) is 0 Å². The number of carbonyl (C=O) groups is 3. The Labute approximate surface area is 122 Å². The molecule has 1 atom stereocenters. The molecule has 1 unspecified atom stereocenters. The lowest BCUT2D eigenvalue weighted by atomic mass is 10.1. The van der Waals surface area contributed by atoms with E-state index < -0.39 is 11.8 Å². The molecule has 0 spiro atoms. The normalized spacial score (nSPS) is 17.6. The first-order valence-electron chi connectivity index (χ1n) is 6.61. The number of nitrogens with two attached hydrogens (primary N) is 1. The molecule has 1 heterocycles. The van der Waals surface area contributed by atoms with Crippen molar-refractivity contribution in [2.75, 3.05) is 18.0 Å². The highest BCUT2D eigenvalue weighted by Gasteiger charge is 2.33. The molecule has 1 fully saturated rings. The standard InChI is InChI=1S/C15H17N3O3/c1-2-7-17-15(21)10-3-5-12(6-4-10)18-9-11(14(16)20)8-13(18)19/h2-6,11H,1,7-9H2,(H2,16,20)(H,17,21). The second kappa shape index (κ2) is 6.21. The molecule has 0 radical (unpaired) electrons. The molecule has 1 aliphatic heterocycles. The molecule has 1 saturated heterocycles. The van der Waals surface area contributed by atoms with E-state index in [1.54, 1.807) is 30.3 Å². The molecule has 0 bridgehead atoms. The van der Waals surface area contributed by atoms with Crippen molar-refractivity contribution in [2.24, 2.45) is 11.7 Å². The third-order valence-electron chi connectivity index (χ3n) is 3.38. The Bertz CT molecular complexity index is 580. The molecule has 6 heteroatoms. The van der Waals surface area contributed by atoms with E-state index in [-0.39, 0.29) is 24.8 Å². The fraction of sp³-hybridized carbons (Fsp3) is 0.267. The van der Waals surface area contributed by atoms with Gasteiger partial charge >= 0.3 is 0 Å². The molecule has 0 aromatic heterocycles. The Hall–Kier alpha value is -2.63. The Kier molecular flexibility index (Phi) is 4.37. The Morgan fingerprint density at radius 3 is 2.57 bits per heavy atom. The van der Waals surface area contributed by atoms with E-state index in [9.17, 15) is 14.4 Å². The van der Waals surface area contributed by atoms with Crippen LogP contribution in [-0.2, 0) is 9.59 Å². The Morgan fingerprint density at radius 2 is 2.05 bits per heavy atom. The maximum absolute atomic E-state index is 11.9. The fourth-order valence-electron chi connectivity index (χ4n) is 2.21. The fourth-order valence-corrected chi connectivity index (χ4v) is 2.21. The summed E-state index contributed by atoms with van der Waals surface area (Å²) in [6.45, 7) is 4.21. The molecule has 0 aliphatic carbocycles. The zero-order valence-electron chi connectivity index (χ0n) is 11.5. The van der Waals surface area contributed by atoms with Gasteiger partial charge in [0.05, 0.1) is 5.92 Å². The highest BCUT2D eigenvalue weighted by atomic mass is 16.2. The van der Waals surface area contributed by atoms with E-state index in [1.807, 2.05) is 0 Å². The van der Waals surface area contributed by atoms with Crippen LogP contribution in [0.5, 0.6) is 0 Å². The van der Waals surface area contributed by atoms with Gasteiger partial charge in [0.2, 0.25) is 11.8 Å². The lowest BCUT2D eigenvalue weighted by Crippen LogP contribution is -2.28. The van der Waals surface area contributed by atoms with Crippen LogP contribution in [0.25, 0.3) is 0 Å². The van der Waals surface area contributed by atoms with E-state index in [1.165, 1.54) is 4.90 Å². The molecule has 110 valence electrons. The van der Waals surface area contributed by atoms with Crippen molar-refractivity contribution in [3.63, 3.8) is 0 Å². The number of hydrogen-bond acceptors (Lipinski definition) is 3. The maximum Gasteiger partial charge on any atom is 0.251 e. The van der Waals surface area contributed by atoms with Crippen molar-refractivity contribution >= 4 is 23.4 Å². The van der Waals surface area contributed by atoms with Crippen molar-refractivity contribution in [3.05, 3.63) is 42.5 Å². The summed E-state index contributed by atoms with van der Waals surface area (Å²) in [5.74, 6) is -1.26. The lowest BCUT2D eigenvalue weighted by Gasteiger charge is -2.16. The van der Waals surface area contributed by atoms with Gasteiger partial charge in [0.25, 0.3) is 5.91 Å². The summed E-state index contributed by atoms with van der Waals surface area (Å²) >= 11 is 0. The highest BCUT2D eigenvalue weighted by Crippen LogP contribution is 2.25. The Morgan fingerprint density at radius 1 is 1.38 bits per heavy atom. The van der Waals surface area contributed by atoms with Crippen LogP contribution in [0.3, 0.4) is 0 Å². The average Bonchev–Trinajstić information content (AvgIpc) is 2.87. The van der Waals surface area contributed by atoms with E-state index in [4.69, 9.17) is 5.73 Å². The summed E-state index contributed by atoms with van der Waals surface area (Å²) in [5.41, 5.74) is 6.39. The predicted octanol–water partition coefficient (Wildman–Crippen LogP) is 0.441. The van der Waals surface area contributed by atoms with Crippen LogP contribution in [-0.4, -0.2) is 30.8 Å². The van der Waals surface area contributed by atoms with Crippen LogP contribution in [0, 0.1) is 5.92 Å². The smallest absolute Gasteiger partial charge is 0.251 e. The first-order chi connectivity index (χ1) is 10.0. The molecule has 1 aromatic carbocycles. The summed E-state index contributed by atoms with van der Waals surface area (Å²) in [4.78, 5) is 36.3. The second-order valence-electron chi connectivity index (χ2n) is 4.85. The SMILES string of the molecule is C=CCNC(=O)c1ccc(N2CC(C(N)=O)CC2=O)cc1. The summed E-state index contributed by atoms with van der Waals surface area (Å²) < 4.78 is 0. The number of rotatable bonds is 5. The van der Waals surface area contributed by atoms with Crippen LogP contribution < -0.4 is 16.0 Å². The van der Waals surface area contributed by atoms with Gasteiger partial charge in [-0.15, -0.1) is 6.58 Å². The molecule has 2 rings (SSSR count). The highest BCUT2D eigenvalue weighted by molar-refractivity contribution is 6.00. The minimum absolute atomic E-state index is 0.136. The zero-order valence-corrected chi connectivity index (χ0v) is 11.5. The molecule has 0 saturated carbocycles. The Balaban J connectivity index is 2.09. The monoisotopic (exact) mass is 287 g/mol. The van der Waals surface area contributed by atoms with Crippen LogP contribution >= 0.6 is 0 Å². The predicted molar refractivity (Wildman–Crippen MR) is 78.6 cm³/mol. The number of anilines is 1. The average molecular weight is 287 g/mol. The van der Waals surface area contributed by atoms with Crippen molar-refractivity contribution < 1.29 is 14.4 Å². The molecule has 1 aromatic rings. The largest absolute Gasteiger partial charge is 0.369 e. The van der Waals surface area contributed by atoms with Crippen molar-refractivity contribution in [1.82, 2.24) is 5.32 Å². The van der Waals surface area contributed by atoms with Crippen LogP contribution in [0.1, 0.15) is 16.8 Å². The number of primary amides is 1. The first kappa shape index (κ1) is 14.8. The lowest BCUT2D eigenvalue weighted by molar-refractivity contribution is -0.123. The quantitative estimate of drug-likeness (QED) is 0.770. The maximum atomic E-state index is 11.9. The van der Waals surface area contributed by atoms with E-state index in [2.05, 4.69) is 11.9 Å². The first-order valence-corrected chi connectivity index (χ1v) is 6.61. The van der Waals surface area contributed by atoms with Crippen molar-refractivity contribution in [1.29, 1.82) is 0 Å². The number of nitrogens with zero attached hydrogens (tertiary/aromatic N) is 1. The molecule has 3 amide bonds. The van der Waals surface area contributed by atoms with Crippen LogP contribution in [0.4, 0.5) is 5.69 Å². The summed E-state index contributed by atoms with van der Waals surface area (Å²) in [6.07, 6.45) is 1.73. The van der Waals surface area contributed by atoms with Gasteiger partial charge in [0.1, 0.15) is 0 Å². The van der Waals surface area contributed by atoms with Gasteiger partial charge in [-0.05, 0) is 24.3 Å². The molecule has 1 aliphatic rings. The number of carbonyl (C=O) groups excluding carboxylic acids is 3. The van der Waals surface area contributed by atoms with Gasteiger partial charge < -0.3 is 16.0 Å². The molecular formula is C15H17N3O3. The molecular weight excluding hydrogens is 270 g/mol. The van der Waals surface area contributed by atoms with Gasteiger partial charge in [-0.25, -0.2) is 0 Å². The van der Waals surface area contributed by atoms with Crippen LogP contribution in [0.15, 0.2) is 36.9 Å². The van der Waals surface area contributed by atoms with Gasteiger partial charge in [0.15, 0.2) is 0 Å². The van der Waals surface area contributed by atoms with Crippen molar-refractivity contribution in [2.45, 2.75) is 6.42 Å². The van der Waals surface area contributed by atoms with Crippen LogP contribution in [0.2, 0.25) is 0 Å².